The Labute approximate surface area is 155 Å². The first-order chi connectivity index (χ1) is 12.3. The van der Waals surface area contributed by atoms with E-state index >= 15 is 0 Å². The highest BCUT2D eigenvalue weighted by atomic mass is 32.2. The number of carbonyl (C=O) groups excluding carboxylic acids is 1. The van der Waals surface area contributed by atoms with Gasteiger partial charge in [0.05, 0.1) is 23.0 Å². The number of rotatable bonds is 5. The van der Waals surface area contributed by atoms with Crippen molar-refractivity contribution in [1.29, 1.82) is 0 Å². The number of methoxy groups -OCH3 is 1. The second kappa shape index (κ2) is 6.53. The maximum absolute atomic E-state index is 13.3. The van der Waals surface area contributed by atoms with Crippen molar-refractivity contribution in [2.24, 2.45) is 0 Å². The molecule has 1 aliphatic rings. The van der Waals surface area contributed by atoms with Crippen molar-refractivity contribution in [2.75, 3.05) is 7.11 Å². The molecule has 1 aliphatic heterocycles. The molecular weight excluding hydrogens is 382 g/mol. The van der Waals surface area contributed by atoms with Gasteiger partial charge in [0.1, 0.15) is 5.54 Å². The third-order valence-electron chi connectivity index (χ3n) is 4.72. The summed E-state index contributed by atoms with van der Waals surface area (Å²) in [5.41, 5.74) is -4.14. The van der Waals surface area contributed by atoms with Crippen LogP contribution in [0.5, 0.6) is 0 Å². The highest BCUT2D eigenvalue weighted by Gasteiger charge is 2.59. The van der Waals surface area contributed by atoms with Crippen LogP contribution in [0.15, 0.2) is 23.1 Å². The summed E-state index contributed by atoms with van der Waals surface area (Å²) >= 11 is 0. The molecular formula is C15H19N3O8S. The number of hydrogen-bond donors (Lipinski definition) is 0. The average molecular weight is 401 g/mol. The van der Waals surface area contributed by atoms with Gasteiger partial charge in [-0.05, 0) is 39.7 Å². The minimum atomic E-state index is -4.56. The van der Waals surface area contributed by atoms with Gasteiger partial charge in [-0.3, -0.25) is 25.0 Å². The minimum absolute atomic E-state index is 0.159. The first kappa shape index (κ1) is 20.7. The monoisotopic (exact) mass is 401 g/mol. The largest absolute Gasteiger partial charge is 0.468 e. The van der Waals surface area contributed by atoms with E-state index in [-0.39, 0.29) is 6.42 Å². The lowest BCUT2D eigenvalue weighted by atomic mass is 9.99. The molecule has 2 rings (SSSR count). The topological polar surface area (TPSA) is 150 Å². The SMILES string of the molecule is COC(=O)C1(C)CCC(C)(C)N1S(=O)(=O)c1ccc([N+](=O)[O-])cc1[N+](=O)[O-]. The van der Waals surface area contributed by atoms with Gasteiger partial charge in [0.15, 0.2) is 4.90 Å². The van der Waals surface area contributed by atoms with E-state index < -0.39 is 53.2 Å². The quantitative estimate of drug-likeness (QED) is 0.413. The number of non-ortho nitro benzene ring substituents is 1. The molecule has 1 aromatic carbocycles. The van der Waals surface area contributed by atoms with E-state index in [9.17, 15) is 33.4 Å². The zero-order valence-electron chi connectivity index (χ0n) is 15.2. The van der Waals surface area contributed by atoms with Crippen LogP contribution in [-0.4, -0.2) is 46.7 Å². The van der Waals surface area contributed by atoms with Gasteiger partial charge in [-0.1, -0.05) is 0 Å². The van der Waals surface area contributed by atoms with Gasteiger partial charge >= 0.3 is 5.97 Å². The summed E-state index contributed by atoms with van der Waals surface area (Å²) in [5.74, 6) is -0.791. The highest BCUT2D eigenvalue weighted by molar-refractivity contribution is 7.89. The summed E-state index contributed by atoms with van der Waals surface area (Å²) in [5, 5.41) is 22.3. The van der Waals surface area contributed by atoms with Crippen molar-refractivity contribution in [2.45, 2.75) is 49.6 Å². The second-order valence-corrected chi connectivity index (χ2v) is 8.77. The number of sulfonamides is 1. The maximum atomic E-state index is 13.3. The van der Waals surface area contributed by atoms with E-state index in [4.69, 9.17) is 4.74 Å². The fraction of sp³-hybridized carbons (Fsp3) is 0.533. The summed E-state index contributed by atoms with van der Waals surface area (Å²) in [6.45, 7) is 4.58. The van der Waals surface area contributed by atoms with Crippen LogP contribution in [0.25, 0.3) is 0 Å². The predicted molar refractivity (Wildman–Crippen MR) is 92.5 cm³/mol. The molecule has 1 atom stereocenters. The molecule has 1 saturated heterocycles. The molecule has 0 N–H and O–H groups in total. The maximum Gasteiger partial charge on any atom is 0.327 e. The Morgan fingerprint density at radius 1 is 1.15 bits per heavy atom. The molecule has 27 heavy (non-hydrogen) atoms. The van der Waals surface area contributed by atoms with E-state index in [1.165, 1.54) is 6.92 Å². The number of nitrogens with zero attached hydrogens (tertiary/aromatic N) is 3. The van der Waals surface area contributed by atoms with Crippen molar-refractivity contribution in [1.82, 2.24) is 4.31 Å². The number of nitro groups is 2. The first-order valence-electron chi connectivity index (χ1n) is 7.86. The van der Waals surface area contributed by atoms with Gasteiger partial charge in [0.2, 0.25) is 0 Å². The lowest BCUT2D eigenvalue weighted by molar-refractivity contribution is -0.396. The molecule has 12 heteroatoms. The zero-order valence-corrected chi connectivity index (χ0v) is 16.0. The van der Waals surface area contributed by atoms with Gasteiger partial charge in [0.25, 0.3) is 21.4 Å². The number of carbonyl (C=O) groups is 1. The predicted octanol–water partition coefficient (Wildman–Crippen LogP) is 2.00. The fourth-order valence-corrected chi connectivity index (χ4v) is 5.77. The lowest BCUT2D eigenvalue weighted by Gasteiger charge is -2.38. The molecule has 0 amide bonds. The Balaban J connectivity index is 2.75. The third-order valence-corrected chi connectivity index (χ3v) is 6.99. The minimum Gasteiger partial charge on any atom is -0.468 e. The Kier molecular flexibility index (Phi) is 5.01. The van der Waals surface area contributed by atoms with E-state index in [0.29, 0.717) is 12.5 Å². The molecule has 11 nitrogen and oxygen atoms in total. The average Bonchev–Trinajstić information content (AvgIpc) is 2.84. The summed E-state index contributed by atoms with van der Waals surface area (Å²) in [4.78, 5) is 32.0. The fourth-order valence-electron chi connectivity index (χ4n) is 3.49. The Bertz CT molecular complexity index is 927. The van der Waals surface area contributed by atoms with Crippen molar-refractivity contribution in [3.05, 3.63) is 38.4 Å². The molecule has 0 aromatic heterocycles. The first-order valence-corrected chi connectivity index (χ1v) is 9.30. The van der Waals surface area contributed by atoms with Crippen LogP contribution >= 0.6 is 0 Å². The number of ether oxygens (including phenoxy) is 1. The molecule has 1 fully saturated rings. The van der Waals surface area contributed by atoms with E-state index in [0.717, 1.165) is 23.5 Å². The van der Waals surface area contributed by atoms with E-state index in [2.05, 4.69) is 0 Å². The molecule has 0 spiro atoms. The molecule has 0 bridgehead atoms. The molecule has 1 unspecified atom stereocenters. The number of esters is 1. The highest BCUT2D eigenvalue weighted by Crippen LogP contribution is 2.46. The molecule has 0 saturated carbocycles. The van der Waals surface area contributed by atoms with Crippen LogP contribution in [0.1, 0.15) is 33.6 Å². The van der Waals surface area contributed by atoms with Crippen LogP contribution in [0.4, 0.5) is 11.4 Å². The number of nitro benzene ring substituents is 2. The summed E-state index contributed by atoms with van der Waals surface area (Å²) in [6.07, 6.45) is 0.477. The van der Waals surface area contributed by atoms with Crippen molar-refractivity contribution in [3.63, 3.8) is 0 Å². The summed E-state index contributed by atoms with van der Waals surface area (Å²) in [6, 6.07) is 2.28. The molecule has 1 heterocycles. The Morgan fingerprint density at radius 2 is 1.74 bits per heavy atom. The van der Waals surface area contributed by atoms with Gasteiger partial charge in [-0.2, -0.15) is 4.31 Å². The van der Waals surface area contributed by atoms with E-state index in [1.54, 1.807) is 13.8 Å². The van der Waals surface area contributed by atoms with E-state index in [1.807, 2.05) is 0 Å². The van der Waals surface area contributed by atoms with Crippen LogP contribution in [0.2, 0.25) is 0 Å². The third kappa shape index (κ3) is 3.25. The van der Waals surface area contributed by atoms with Crippen molar-refractivity contribution in [3.8, 4) is 0 Å². The van der Waals surface area contributed by atoms with Crippen molar-refractivity contribution >= 4 is 27.4 Å². The second-order valence-electron chi connectivity index (χ2n) is 7.01. The van der Waals surface area contributed by atoms with Crippen LogP contribution in [0, 0.1) is 20.2 Å². The van der Waals surface area contributed by atoms with Crippen LogP contribution < -0.4 is 0 Å². The molecule has 1 aromatic rings. The summed E-state index contributed by atoms with van der Waals surface area (Å²) in [7, 11) is -3.44. The molecule has 148 valence electrons. The Morgan fingerprint density at radius 3 is 2.22 bits per heavy atom. The molecule has 0 radical (unpaired) electrons. The number of hydrogen-bond acceptors (Lipinski definition) is 8. The van der Waals surface area contributed by atoms with Gasteiger partial charge in [-0.25, -0.2) is 8.42 Å². The van der Waals surface area contributed by atoms with Crippen molar-refractivity contribution < 1.29 is 27.8 Å². The van der Waals surface area contributed by atoms with Crippen LogP contribution in [-0.2, 0) is 19.6 Å². The smallest absolute Gasteiger partial charge is 0.327 e. The normalized spacial score (nSPS) is 22.4. The zero-order chi connectivity index (χ0) is 20.8. The van der Waals surface area contributed by atoms with Crippen LogP contribution in [0.3, 0.4) is 0 Å². The van der Waals surface area contributed by atoms with Gasteiger partial charge < -0.3 is 4.74 Å². The Hall–Kier alpha value is -2.60. The van der Waals surface area contributed by atoms with Gasteiger partial charge in [-0.15, -0.1) is 0 Å². The molecule has 0 aliphatic carbocycles. The van der Waals surface area contributed by atoms with Gasteiger partial charge in [0, 0.05) is 11.6 Å². The lowest BCUT2D eigenvalue weighted by Crippen LogP contribution is -2.57. The standard InChI is InChI=1S/C15H19N3O8S/c1-14(2)7-8-15(3,13(19)26-4)18(14)27(24,25)12-6-5-10(16(20)21)9-11(12)17(22)23/h5-6,9H,7-8H2,1-4H3. The summed E-state index contributed by atoms with van der Waals surface area (Å²) < 4.78 is 32.3. The number of benzene rings is 1.